The van der Waals surface area contributed by atoms with E-state index in [1.165, 1.54) is 50.9 Å². The molecule has 0 aliphatic carbocycles. The van der Waals surface area contributed by atoms with Crippen molar-refractivity contribution < 1.29 is 0 Å². The van der Waals surface area contributed by atoms with Crippen molar-refractivity contribution in [2.24, 2.45) is 5.92 Å². The van der Waals surface area contributed by atoms with Gasteiger partial charge < -0.3 is 5.32 Å². The Hall–Kier alpha value is -0.860. The third-order valence-corrected chi connectivity index (χ3v) is 4.58. The zero-order valence-electron chi connectivity index (χ0n) is 14.0. The van der Waals surface area contributed by atoms with Crippen LogP contribution in [-0.4, -0.2) is 36.6 Å². The molecular formula is C19H32N2. The van der Waals surface area contributed by atoms with E-state index in [2.05, 4.69) is 61.3 Å². The Labute approximate surface area is 130 Å². The van der Waals surface area contributed by atoms with Crippen LogP contribution in [-0.2, 0) is 6.42 Å². The first-order chi connectivity index (χ1) is 10.1. The Bertz CT molecular complexity index is 388. The predicted molar refractivity (Wildman–Crippen MR) is 91.7 cm³/mol. The minimum absolute atomic E-state index is 0.673. The van der Waals surface area contributed by atoms with E-state index >= 15 is 0 Å². The summed E-state index contributed by atoms with van der Waals surface area (Å²) < 4.78 is 0. The largest absolute Gasteiger partial charge is 0.313 e. The lowest BCUT2D eigenvalue weighted by molar-refractivity contribution is 0.196. The molecule has 118 valence electrons. The predicted octanol–water partition coefficient (Wildman–Crippen LogP) is 3.72. The lowest BCUT2D eigenvalue weighted by atomic mass is 10.0. The van der Waals surface area contributed by atoms with Gasteiger partial charge in [-0.3, -0.25) is 4.90 Å². The average molecular weight is 288 g/mol. The number of hydrogen-bond donors (Lipinski definition) is 1. The van der Waals surface area contributed by atoms with Crippen LogP contribution in [0, 0.1) is 5.92 Å². The molecule has 1 saturated heterocycles. The van der Waals surface area contributed by atoms with Gasteiger partial charge in [0, 0.05) is 18.6 Å². The second-order valence-electron chi connectivity index (χ2n) is 7.00. The molecule has 0 radical (unpaired) electrons. The number of nitrogens with one attached hydrogen (secondary N) is 1. The van der Waals surface area contributed by atoms with E-state index in [1.807, 2.05) is 0 Å². The average Bonchev–Trinajstić information content (AvgIpc) is 2.62. The zero-order chi connectivity index (χ0) is 15.1. The molecule has 21 heavy (non-hydrogen) atoms. The highest BCUT2D eigenvalue weighted by Gasteiger charge is 2.22. The van der Waals surface area contributed by atoms with Crippen LogP contribution in [0.3, 0.4) is 0 Å². The molecular weight excluding hydrogens is 256 g/mol. The number of hydrogen-bond acceptors (Lipinski definition) is 2. The number of benzene rings is 1. The summed E-state index contributed by atoms with van der Waals surface area (Å²) in [5, 5.41) is 3.74. The van der Waals surface area contributed by atoms with Crippen LogP contribution >= 0.6 is 0 Å². The minimum Gasteiger partial charge on any atom is -0.313 e. The van der Waals surface area contributed by atoms with Gasteiger partial charge in [-0.05, 0) is 57.2 Å². The normalized spacial score (nSPS) is 24.2. The van der Waals surface area contributed by atoms with E-state index in [1.54, 1.807) is 0 Å². The van der Waals surface area contributed by atoms with Crippen LogP contribution in [0.1, 0.15) is 45.6 Å². The van der Waals surface area contributed by atoms with Crippen molar-refractivity contribution in [2.75, 3.05) is 19.6 Å². The van der Waals surface area contributed by atoms with Gasteiger partial charge in [-0.15, -0.1) is 0 Å². The van der Waals surface area contributed by atoms with Crippen LogP contribution in [0.5, 0.6) is 0 Å². The van der Waals surface area contributed by atoms with Crippen LogP contribution < -0.4 is 5.32 Å². The first kappa shape index (κ1) is 16.5. The molecule has 2 heteroatoms. The summed E-state index contributed by atoms with van der Waals surface area (Å²) in [6.45, 7) is 10.7. The van der Waals surface area contributed by atoms with Gasteiger partial charge in [0.05, 0.1) is 0 Å². The highest BCUT2D eigenvalue weighted by atomic mass is 15.2. The molecule has 1 fully saturated rings. The van der Waals surface area contributed by atoms with Crippen LogP contribution in [0.4, 0.5) is 0 Å². The molecule has 2 unspecified atom stereocenters. The Morgan fingerprint density at radius 2 is 2.00 bits per heavy atom. The fraction of sp³-hybridized carbons (Fsp3) is 0.684. The van der Waals surface area contributed by atoms with Crippen molar-refractivity contribution >= 4 is 0 Å². The maximum Gasteiger partial charge on any atom is 0.0197 e. The minimum atomic E-state index is 0.673. The molecule has 0 spiro atoms. The summed E-state index contributed by atoms with van der Waals surface area (Å²) in [6, 6.07) is 12.3. The molecule has 2 rings (SSSR count). The van der Waals surface area contributed by atoms with E-state index < -0.39 is 0 Å². The summed E-state index contributed by atoms with van der Waals surface area (Å²) in [5.41, 5.74) is 1.47. The molecule has 1 heterocycles. The van der Waals surface area contributed by atoms with E-state index in [4.69, 9.17) is 0 Å². The van der Waals surface area contributed by atoms with Gasteiger partial charge in [-0.2, -0.15) is 0 Å². The number of aryl methyl sites for hydroxylation is 1. The molecule has 0 bridgehead atoms. The van der Waals surface area contributed by atoms with Gasteiger partial charge in [-0.25, -0.2) is 0 Å². The van der Waals surface area contributed by atoms with Gasteiger partial charge in [0.1, 0.15) is 0 Å². The Balaban J connectivity index is 1.81. The van der Waals surface area contributed by atoms with E-state index in [-0.39, 0.29) is 0 Å². The number of nitrogens with zero attached hydrogens (tertiary/aromatic N) is 1. The standard InChI is InChI=1S/C19H32N2/c1-16(2)14-19-15-21(17(3)11-12-20-19)13-7-10-18-8-5-4-6-9-18/h4-6,8-9,16-17,19-20H,7,10-15H2,1-3H3. The highest BCUT2D eigenvalue weighted by molar-refractivity contribution is 5.14. The molecule has 2 atom stereocenters. The molecule has 1 aromatic carbocycles. The molecule has 1 aliphatic heterocycles. The summed E-state index contributed by atoms with van der Waals surface area (Å²) in [5.74, 6) is 0.780. The van der Waals surface area contributed by atoms with E-state index in [9.17, 15) is 0 Å². The lowest BCUT2D eigenvalue weighted by Gasteiger charge is -2.29. The molecule has 0 amide bonds. The Morgan fingerprint density at radius 3 is 2.71 bits per heavy atom. The fourth-order valence-electron chi connectivity index (χ4n) is 3.38. The molecule has 0 saturated carbocycles. The van der Waals surface area contributed by atoms with Gasteiger partial charge in [-0.1, -0.05) is 44.2 Å². The molecule has 0 aromatic heterocycles. The van der Waals surface area contributed by atoms with E-state index in [0.29, 0.717) is 12.1 Å². The van der Waals surface area contributed by atoms with Gasteiger partial charge in [0.25, 0.3) is 0 Å². The zero-order valence-corrected chi connectivity index (χ0v) is 14.0. The molecule has 1 aromatic rings. The van der Waals surface area contributed by atoms with Gasteiger partial charge in [0.2, 0.25) is 0 Å². The van der Waals surface area contributed by atoms with Crippen molar-refractivity contribution in [1.82, 2.24) is 10.2 Å². The van der Waals surface area contributed by atoms with Crippen molar-refractivity contribution in [3.8, 4) is 0 Å². The molecule has 2 nitrogen and oxygen atoms in total. The topological polar surface area (TPSA) is 15.3 Å². The second kappa shape index (κ2) is 8.55. The third kappa shape index (κ3) is 5.80. The second-order valence-corrected chi connectivity index (χ2v) is 7.00. The third-order valence-electron chi connectivity index (χ3n) is 4.58. The Morgan fingerprint density at radius 1 is 1.24 bits per heavy atom. The first-order valence-electron chi connectivity index (χ1n) is 8.66. The summed E-state index contributed by atoms with van der Waals surface area (Å²) >= 11 is 0. The maximum absolute atomic E-state index is 3.74. The van der Waals surface area contributed by atoms with Crippen LogP contribution in [0.25, 0.3) is 0 Å². The van der Waals surface area contributed by atoms with Crippen molar-refractivity contribution in [2.45, 2.75) is 58.5 Å². The fourth-order valence-corrected chi connectivity index (χ4v) is 3.38. The quantitative estimate of drug-likeness (QED) is 0.858. The van der Waals surface area contributed by atoms with Crippen molar-refractivity contribution in [3.05, 3.63) is 35.9 Å². The SMILES string of the molecule is CC(C)CC1CN(CCCc2ccccc2)C(C)CCN1. The summed E-state index contributed by atoms with van der Waals surface area (Å²) in [7, 11) is 0. The summed E-state index contributed by atoms with van der Waals surface area (Å²) in [4.78, 5) is 2.70. The smallest absolute Gasteiger partial charge is 0.0197 e. The maximum atomic E-state index is 3.74. The van der Waals surface area contributed by atoms with Crippen molar-refractivity contribution in [3.63, 3.8) is 0 Å². The van der Waals surface area contributed by atoms with E-state index in [0.717, 1.165) is 5.92 Å². The number of rotatable bonds is 6. The van der Waals surface area contributed by atoms with Crippen LogP contribution in [0.15, 0.2) is 30.3 Å². The lowest BCUT2D eigenvalue weighted by Crippen LogP contribution is -2.41. The van der Waals surface area contributed by atoms with Gasteiger partial charge >= 0.3 is 0 Å². The monoisotopic (exact) mass is 288 g/mol. The molecule has 1 N–H and O–H groups in total. The summed E-state index contributed by atoms with van der Waals surface area (Å²) in [6.07, 6.45) is 5.04. The first-order valence-corrected chi connectivity index (χ1v) is 8.66. The van der Waals surface area contributed by atoms with Crippen molar-refractivity contribution in [1.29, 1.82) is 0 Å². The molecule has 1 aliphatic rings. The van der Waals surface area contributed by atoms with Gasteiger partial charge in [0.15, 0.2) is 0 Å². The highest BCUT2D eigenvalue weighted by Crippen LogP contribution is 2.15. The Kier molecular flexibility index (Phi) is 6.72. The van der Waals surface area contributed by atoms with Crippen LogP contribution in [0.2, 0.25) is 0 Å².